The first-order chi connectivity index (χ1) is 22.6. The van der Waals surface area contributed by atoms with Gasteiger partial charge in [0.2, 0.25) is 0 Å². The zero-order valence-corrected chi connectivity index (χ0v) is 26.6. The summed E-state index contributed by atoms with van der Waals surface area (Å²) in [6.45, 7) is 4.79. The molecule has 10 rings (SSSR count). The molecular formula is C45H30S. The number of hydrogen-bond acceptors (Lipinski definition) is 1. The normalized spacial score (nSPS) is 13.6. The third kappa shape index (κ3) is 3.44. The van der Waals surface area contributed by atoms with Gasteiger partial charge in [-0.3, -0.25) is 0 Å². The van der Waals surface area contributed by atoms with Crippen molar-refractivity contribution in [1.29, 1.82) is 0 Å². The van der Waals surface area contributed by atoms with Gasteiger partial charge < -0.3 is 0 Å². The highest BCUT2D eigenvalue weighted by Gasteiger charge is 2.37. The van der Waals surface area contributed by atoms with Crippen LogP contribution < -0.4 is 0 Å². The van der Waals surface area contributed by atoms with Crippen LogP contribution >= 0.6 is 11.3 Å². The molecule has 0 saturated heterocycles. The molecule has 1 aromatic heterocycles. The van der Waals surface area contributed by atoms with Gasteiger partial charge in [-0.25, -0.2) is 0 Å². The van der Waals surface area contributed by atoms with Gasteiger partial charge in [0.1, 0.15) is 0 Å². The Morgan fingerprint density at radius 1 is 0.435 bits per heavy atom. The van der Waals surface area contributed by atoms with Gasteiger partial charge in [0.25, 0.3) is 0 Å². The molecule has 1 heteroatoms. The van der Waals surface area contributed by atoms with Gasteiger partial charge in [-0.2, -0.15) is 0 Å². The molecule has 1 aliphatic rings. The Hall–Kier alpha value is -5.24. The molecule has 0 spiro atoms. The Balaban J connectivity index is 1.29. The second-order valence-electron chi connectivity index (χ2n) is 13.2. The molecule has 216 valence electrons. The first-order valence-corrected chi connectivity index (χ1v) is 16.9. The van der Waals surface area contributed by atoms with Crippen molar-refractivity contribution < 1.29 is 0 Å². The quantitative estimate of drug-likeness (QED) is 0.173. The highest BCUT2D eigenvalue weighted by molar-refractivity contribution is 7.26. The fourth-order valence-electron chi connectivity index (χ4n) is 8.35. The van der Waals surface area contributed by atoms with Crippen molar-refractivity contribution in [3.05, 3.63) is 157 Å². The lowest BCUT2D eigenvalue weighted by molar-refractivity contribution is 0.661. The van der Waals surface area contributed by atoms with Crippen molar-refractivity contribution in [2.24, 2.45) is 0 Å². The van der Waals surface area contributed by atoms with Crippen LogP contribution in [0.25, 0.3) is 85.9 Å². The van der Waals surface area contributed by atoms with E-state index in [-0.39, 0.29) is 5.41 Å². The van der Waals surface area contributed by atoms with E-state index in [1.165, 1.54) is 97.0 Å². The lowest BCUT2D eigenvalue weighted by Crippen LogP contribution is -2.14. The Kier molecular flexibility index (Phi) is 5.31. The van der Waals surface area contributed by atoms with Crippen LogP contribution in [0.2, 0.25) is 0 Å². The molecule has 9 aromatic rings. The van der Waals surface area contributed by atoms with Gasteiger partial charge in [-0.05, 0) is 83.4 Å². The van der Waals surface area contributed by atoms with E-state index in [1.54, 1.807) is 0 Å². The highest BCUT2D eigenvalue weighted by Crippen LogP contribution is 2.55. The van der Waals surface area contributed by atoms with E-state index in [9.17, 15) is 0 Å². The van der Waals surface area contributed by atoms with Crippen molar-refractivity contribution in [2.45, 2.75) is 19.3 Å². The molecule has 1 aliphatic carbocycles. The van der Waals surface area contributed by atoms with Gasteiger partial charge in [0, 0.05) is 31.2 Å². The highest BCUT2D eigenvalue weighted by atomic mass is 32.1. The molecule has 0 fully saturated rings. The van der Waals surface area contributed by atoms with E-state index in [0.717, 1.165) is 0 Å². The zero-order chi connectivity index (χ0) is 30.6. The summed E-state index contributed by atoms with van der Waals surface area (Å²) in [4.78, 5) is 0. The summed E-state index contributed by atoms with van der Waals surface area (Å²) >= 11 is 1.95. The number of thiophene rings is 1. The molecule has 0 saturated carbocycles. The zero-order valence-electron chi connectivity index (χ0n) is 25.8. The Labute approximate surface area is 272 Å². The fourth-order valence-corrected chi connectivity index (χ4v) is 9.63. The van der Waals surface area contributed by atoms with Crippen LogP contribution in [0.15, 0.2) is 146 Å². The summed E-state index contributed by atoms with van der Waals surface area (Å²) in [7, 11) is 0. The average Bonchev–Trinajstić information content (AvgIpc) is 3.59. The maximum atomic E-state index is 2.50. The molecule has 8 aromatic carbocycles. The molecule has 0 unspecified atom stereocenters. The van der Waals surface area contributed by atoms with Crippen molar-refractivity contribution in [1.82, 2.24) is 0 Å². The van der Waals surface area contributed by atoms with E-state index in [0.29, 0.717) is 0 Å². The van der Waals surface area contributed by atoms with E-state index in [1.807, 2.05) is 11.3 Å². The maximum Gasteiger partial charge on any atom is 0.0437 e. The summed E-state index contributed by atoms with van der Waals surface area (Å²) in [5.74, 6) is 0. The van der Waals surface area contributed by atoms with E-state index < -0.39 is 0 Å². The molecular weight excluding hydrogens is 573 g/mol. The van der Waals surface area contributed by atoms with Crippen LogP contribution in [0.1, 0.15) is 25.0 Å². The van der Waals surface area contributed by atoms with Crippen molar-refractivity contribution in [3.8, 4) is 33.4 Å². The van der Waals surface area contributed by atoms with Crippen LogP contribution in [0, 0.1) is 0 Å². The minimum absolute atomic E-state index is 0.0725. The van der Waals surface area contributed by atoms with E-state index in [2.05, 4.69) is 159 Å². The molecule has 0 nitrogen and oxygen atoms in total. The SMILES string of the molecule is CC1(C)c2ccc(-c3c4ccccc4c(-c4ccccc4)c4ccccc34)cc2-c2c1ccc1c2sc2ccc3ccccc3c21. The standard InChI is InChI=1S/C45H30S/c1-45(2)37-23-20-29(41-33-18-10-8-16-31(33)40(28-13-4-3-5-14-28)32-17-9-11-19-34(32)41)26-36(37)43-38(45)24-22-35-42-30-15-7-6-12-27(30)21-25-39(42)46-44(35)43/h3-26H,1-2H3. The molecule has 46 heavy (non-hydrogen) atoms. The van der Waals surface area contributed by atoms with Crippen molar-refractivity contribution >= 4 is 63.8 Å². The number of hydrogen-bond donors (Lipinski definition) is 0. The summed E-state index contributed by atoms with van der Waals surface area (Å²) in [5, 5.41) is 10.6. The van der Waals surface area contributed by atoms with Crippen LogP contribution in [-0.2, 0) is 5.41 Å². The monoisotopic (exact) mass is 602 g/mol. The predicted molar refractivity (Wildman–Crippen MR) is 200 cm³/mol. The average molecular weight is 603 g/mol. The lowest BCUT2D eigenvalue weighted by atomic mass is 9.81. The van der Waals surface area contributed by atoms with Gasteiger partial charge in [0.15, 0.2) is 0 Å². The summed E-state index contributed by atoms with van der Waals surface area (Å²) in [6.07, 6.45) is 0. The van der Waals surface area contributed by atoms with Gasteiger partial charge in [-0.1, -0.05) is 147 Å². The molecule has 0 radical (unpaired) electrons. The molecule has 0 N–H and O–H groups in total. The van der Waals surface area contributed by atoms with E-state index in [4.69, 9.17) is 0 Å². The second kappa shape index (κ2) is 9.39. The Morgan fingerprint density at radius 3 is 1.72 bits per heavy atom. The molecule has 0 bridgehead atoms. The fraction of sp³-hybridized carbons (Fsp3) is 0.0667. The Morgan fingerprint density at radius 2 is 1.02 bits per heavy atom. The predicted octanol–water partition coefficient (Wildman–Crippen LogP) is 13.2. The minimum Gasteiger partial charge on any atom is -0.134 e. The lowest BCUT2D eigenvalue weighted by Gasteiger charge is -2.22. The molecule has 0 amide bonds. The van der Waals surface area contributed by atoms with Crippen molar-refractivity contribution in [3.63, 3.8) is 0 Å². The number of rotatable bonds is 2. The van der Waals surface area contributed by atoms with Crippen LogP contribution in [-0.4, -0.2) is 0 Å². The molecule has 0 atom stereocenters. The second-order valence-corrected chi connectivity index (χ2v) is 14.3. The van der Waals surface area contributed by atoms with Crippen molar-refractivity contribution in [2.75, 3.05) is 0 Å². The maximum absolute atomic E-state index is 2.50. The van der Waals surface area contributed by atoms with Gasteiger partial charge in [0.05, 0.1) is 0 Å². The van der Waals surface area contributed by atoms with Crippen LogP contribution in [0.4, 0.5) is 0 Å². The smallest absolute Gasteiger partial charge is 0.0437 e. The third-order valence-electron chi connectivity index (χ3n) is 10.4. The third-order valence-corrected chi connectivity index (χ3v) is 11.6. The number of benzene rings is 8. The van der Waals surface area contributed by atoms with Crippen LogP contribution in [0.3, 0.4) is 0 Å². The Bertz CT molecular complexity index is 2650. The largest absolute Gasteiger partial charge is 0.134 e. The first kappa shape index (κ1) is 26.0. The minimum atomic E-state index is -0.0725. The van der Waals surface area contributed by atoms with E-state index >= 15 is 0 Å². The first-order valence-electron chi connectivity index (χ1n) is 16.1. The van der Waals surface area contributed by atoms with Gasteiger partial charge >= 0.3 is 0 Å². The topological polar surface area (TPSA) is 0 Å². The van der Waals surface area contributed by atoms with Crippen LogP contribution in [0.5, 0.6) is 0 Å². The summed E-state index contributed by atoms with van der Waals surface area (Å²) in [5.41, 5.74) is 10.7. The summed E-state index contributed by atoms with van der Waals surface area (Å²) < 4.78 is 2.76. The summed E-state index contributed by atoms with van der Waals surface area (Å²) in [6, 6.07) is 54.3. The van der Waals surface area contributed by atoms with Gasteiger partial charge in [-0.15, -0.1) is 11.3 Å². The number of fused-ring (bicyclic) bond motifs is 11. The molecule has 0 aliphatic heterocycles. The molecule has 1 heterocycles.